The molecule has 0 fully saturated rings. The molecule has 180 valence electrons. The Morgan fingerprint density at radius 1 is 1.12 bits per heavy atom. The Morgan fingerprint density at radius 3 is 2.28 bits per heavy atom. The van der Waals surface area contributed by atoms with Crippen molar-refractivity contribution in [3.8, 4) is 5.75 Å². The second-order valence-corrected chi connectivity index (χ2v) is 8.28. The van der Waals surface area contributed by atoms with Gasteiger partial charge in [0.2, 0.25) is 12.9 Å². The van der Waals surface area contributed by atoms with Crippen LogP contribution < -0.4 is 4.74 Å². The largest absolute Gasteiger partial charge is 0.475 e. The van der Waals surface area contributed by atoms with Crippen LogP contribution in [-0.2, 0) is 23.9 Å². The van der Waals surface area contributed by atoms with Crippen LogP contribution in [0.4, 0.5) is 32.6 Å². The summed E-state index contributed by atoms with van der Waals surface area (Å²) in [6, 6.07) is -0.139. The number of alkyl halides is 3. The molecule has 18 heteroatoms. The zero-order valence-corrected chi connectivity index (χ0v) is 15.8. The topological polar surface area (TPSA) is 114 Å². The molecule has 32 heavy (non-hydrogen) atoms. The fraction of sp³-hybridized carbons (Fsp3) is 0.286. The molecule has 0 aromatic heterocycles. The zero-order valence-electron chi connectivity index (χ0n) is 14.9. The van der Waals surface area contributed by atoms with E-state index in [9.17, 15) is 52.3 Å². The van der Waals surface area contributed by atoms with Crippen molar-refractivity contribution >= 4 is 28.2 Å². The first-order chi connectivity index (χ1) is 14.3. The minimum atomic E-state index is -10.2. The van der Waals surface area contributed by atoms with E-state index in [4.69, 9.17) is 0 Å². The van der Waals surface area contributed by atoms with Gasteiger partial charge >= 0.3 is 28.3 Å². The highest BCUT2D eigenvalue weighted by Crippen LogP contribution is 3.02. The van der Waals surface area contributed by atoms with Crippen molar-refractivity contribution in [2.45, 2.75) is 17.2 Å². The number of esters is 2. The highest BCUT2D eigenvalue weighted by atomic mass is 32.5. The lowest BCUT2D eigenvalue weighted by Gasteiger charge is -2.41. The summed E-state index contributed by atoms with van der Waals surface area (Å²) in [5.41, 5.74) is -2.37. The molecule has 1 aliphatic rings. The van der Waals surface area contributed by atoms with Gasteiger partial charge in [0, 0.05) is 5.56 Å². The molecule has 0 radical (unpaired) electrons. The fourth-order valence-electron chi connectivity index (χ4n) is 2.21. The molecule has 0 unspecified atom stereocenters. The SMILES string of the molecule is O=C(CO[N+](=O)[O-])OCOC(=O)C1=Cc2cc(S(F)(F)(F)(F)F)ccc2O[C@@H]1C(F)(F)F. The van der Waals surface area contributed by atoms with Gasteiger partial charge < -0.3 is 19.0 Å². The lowest BCUT2D eigenvalue weighted by molar-refractivity contribution is -0.754. The van der Waals surface area contributed by atoms with Crippen LogP contribution in [0.1, 0.15) is 5.56 Å². The standard InChI is InChI=1S/C14H9F8NO8S/c15-14(16,17)12-9(13(25)29-6-28-11(24)5-30-23(26)27)4-7-3-8(1-2-10(7)31-12)32(18,19,20,21)22/h1-4,12H,5-6H2/t12-/m0/s1. The van der Waals surface area contributed by atoms with Crippen LogP contribution in [0.3, 0.4) is 0 Å². The third-order valence-electron chi connectivity index (χ3n) is 3.50. The Balaban J connectivity index is 2.29. The molecule has 9 nitrogen and oxygen atoms in total. The van der Waals surface area contributed by atoms with Crippen molar-refractivity contribution in [3.63, 3.8) is 0 Å². The summed E-state index contributed by atoms with van der Waals surface area (Å²) >= 11 is 0. The first-order valence-electron chi connectivity index (χ1n) is 7.71. The summed E-state index contributed by atoms with van der Waals surface area (Å²) in [5.74, 6) is -4.22. The van der Waals surface area contributed by atoms with E-state index < -0.39 is 74.7 Å². The molecule has 1 aromatic rings. The quantitative estimate of drug-likeness (QED) is 0.178. The number of nitrogens with zero attached hydrogens (tertiary/aromatic N) is 1. The predicted octanol–water partition coefficient (Wildman–Crippen LogP) is 4.30. The number of benzene rings is 1. The first kappa shape index (κ1) is 25.0. The van der Waals surface area contributed by atoms with Crippen LogP contribution in [0.25, 0.3) is 6.08 Å². The van der Waals surface area contributed by atoms with E-state index >= 15 is 0 Å². The van der Waals surface area contributed by atoms with Crippen molar-refractivity contribution in [2.75, 3.05) is 13.4 Å². The molecule has 0 aliphatic carbocycles. The van der Waals surface area contributed by atoms with Crippen molar-refractivity contribution in [3.05, 3.63) is 39.4 Å². The molecule has 1 atom stereocenters. The normalized spacial score (nSPS) is 18.1. The highest BCUT2D eigenvalue weighted by Gasteiger charge is 2.65. The van der Waals surface area contributed by atoms with Gasteiger partial charge in [0.15, 0.2) is 6.61 Å². The van der Waals surface area contributed by atoms with Crippen LogP contribution in [0.5, 0.6) is 5.75 Å². The fourth-order valence-corrected chi connectivity index (χ4v) is 2.88. The number of halogens is 8. The predicted molar refractivity (Wildman–Crippen MR) is 86.3 cm³/mol. The highest BCUT2D eigenvalue weighted by molar-refractivity contribution is 8.45. The average molecular weight is 503 g/mol. The third-order valence-corrected chi connectivity index (χ3v) is 4.64. The number of carbonyl (C=O) groups is 2. The molecule has 1 heterocycles. The van der Waals surface area contributed by atoms with Gasteiger partial charge in [0.25, 0.3) is 5.09 Å². The van der Waals surface area contributed by atoms with Crippen LogP contribution in [0.2, 0.25) is 0 Å². The maximum absolute atomic E-state index is 13.2. The summed E-state index contributed by atoms with van der Waals surface area (Å²) < 4.78 is 117. The Kier molecular flexibility index (Phi) is 5.76. The van der Waals surface area contributed by atoms with Gasteiger partial charge in [-0.2, -0.15) is 13.2 Å². The molecule has 0 amide bonds. The van der Waals surface area contributed by atoms with E-state index in [0.29, 0.717) is 0 Å². The van der Waals surface area contributed by atoms with E-state index in [1.807, 2.05) is 0 Å². The molecule has 0 spiro atoms. The monoisotopic (exact) mass is 503 g/mol. The average Bonchev–Trinajstić information content (AvgIpc) is 2.62. The number of ether oxygens (including phenoxy) is 3. The van der Waals surface area contributed by atoms with Gasteiger partial charge in [-0.05, 0) is 24.3 Å². The molecule has 1 aromatic carbocycles. The number of carbonyl (C=O) groups excluding carboxylic acids is 2. The van der Waals surface area contributed by atoms with E-state index in [0.717, 1.165) is 0 Å². The van der Waals surface area contributed by atoms with Crippen molar-refractivity contribution in [1.82, 2.24) is 0 Å². The van der Waals surface area contributed by atoms with Crippen LogP contribution in [0, 0.1) is 10.1 Å². The molecule has 0 saturated heterocycles. The number of hydrogen-bond donors (Lipinski definition) is 0. The number of fused-ring (bicyclic) bond motifs is 1. The lowest BCUT2D eigenvalue weighted by Crippen LogP contribution is -2.41. The zero-order chi connectivity index (χ0) is 24.6. The Labute approximate surface area is 171 Å². The Bertz CT molecular complexity index is 992. The van der Waals surface area contributed by atoms with E-state index in [1.165, 1.54) is 0 Å². The number of hydrogen-bond acceptors (Lipinski definition) is 8. The lowest BCUT2D eigenvalue weighted by atomic mass is 10.0. The molecular formula is C14H9F8NO8S. The number of rotatable bonds is 7. The Hall–Kier alpha value is -3.31. The summed E-state index contributed by atoms with van der Waals surface area (Å²) in [6.07, 6.45) is -8.15. The van der Waals surface area contributed by atoms with E-state index in [1.54, 1.807) is 0 Å². The first-order valence-corrected chi connectivity index (χ1v) is 9.66. The summed E-state index contributed by atoms with van der Waals surface area (Å²) in [7, 11) is -10.2. The van der Waals surface area contributed by atoms with Gasteiger partial charge in [0.05, 0.1) is 5.57 Å². The van der Waals surface area contributed by atoms with Crippen molar-refractivity contribution in [1.29, 1.82) is 0 Å². The van der Waals surface area contributed by atoms with Crippen molar-refractivity contribution < 1.29 is 66.3 Å². The minimum absolute atomic E-state index is 0.169. The van der Waals surface area contributed by atoms with E-state index in [2.05, 4.69) is 19.0 Å². The van der Waals surface area contributed by atoms with Crippen molar-refractivity contribution in [2.24, 2.45) is 0 Å². The smallest absolute Gasteiger partial charge is 0.430 e. The van der Waals surface area contributed by atoms with Gasteiger partial charge in [-0.3, -0.25) is 0 Å². The summed E-state index contributed by atoms with van der Waals surface area (Å²) in [4.78, 5) is 34.1. The molecular weight excluding hydrogens is 494 g/mol. The second-order valence-electron chi connectivity index (χ2n) is 5.87. The summed E-state index contributed by atoms with van der Waals surface area (Å²) in [5, 5.41) is 8.52. The van der Waals surface area contributed by atoms with Crippen LogP contribution in [0.15, 0.2) is 28.7 Å². The van der Waals surface area contributed by atoms with Gasteiger partial charge in [0.1, 0.15) is 10.6 Å². The van der Waals surface area contributed by atoms with Gasteiger partial charge in [-0.25, -0.2) is 9.59 Å². The second kappa shape index (κ2) is 7.38. The Morgan fingerprint density at radius 2 is 1.75 bits per heavy atom. The minimum Gasteiger partial charge on any atom is -0.475 e. The molecule has 0 bridgehead atoms. The van der Waals surface area contributed by atoms with Gasteiger partial charge in [-0.1, -0.05) is 19.4 Å². The molecule has 0 N–H and O–H groups in total. The van der Waals surface area contributed by atoms with E-state index in [-0.39, 0.29) is 24.3 Å². The maximum atomic E-state index is 13.2. The van der Waals surface area contributed by atoms with Gasteiger partial charge in [-0.15, -0.1) is 10.1 Å². The third kappa shape index (κ3) is 6.34. The summed E-state index contributed by atoms with van der Waals surface area (Å²) in [6.45, 7) is -2.61. The van der Waals surface area contributed by atoms with Crippen LogP contribution in [-0.4, -0.2) is 42.7 Å². The molecule has 2 rings (SSSR count). The molecule has 0 saturated carbocycles. The van der Waals surface area contributed by atoms with Crippen LogP contribution >= 0.6 is 10.2 Å². The maximum Gasteiger partial charge on any atom is 0.430 e. The molecule has 1 aliphatic heterocycles.